The van der Waals surface area contributed by atoms with Crippen LogP contribution in [0.4, 0.5) is 18.9 Å². The molecule has 0 spiro atoms. The standard InChI is InChI=1S/C17H11F3N2O2/c1-9-15(17(23)21-12-4-2-3-10(18)7-12)16(22-24-9)13-6-5-11(19)8-14(13)20/h2-8H,1H3,(H,21,23). The van der Waals surface area contributed by atoms with Crippen LogP contribution < -0.4 is 5.32 Å². The van der Waals surface area contributed by atoms with Gasteiger partial charge in [-0.1, -0.05) is 11.2 Å². The maximum Gasteiger partial charge on any atom is 0.261 e. The lowest BCUT2D eigenvalue weighted by Crippen LogP contribution is -2.13. The average Bonchev–Trinajstić information content (AvgIpc) is 2.89. The summed E-state index contributed by atoms with van der Waals surface area (Å²) in [6.45, 7) is 1.48. The van der Waals surface area contributed by atoms with Crippen molar-refractivity contribution in [3.05, 3.63) is 71.2 Å². The molecule has 1 amide bonds. The molecule has 0 saturated carbocycles. The van der Waals surface area contributed by atoms with Gasteiger partial charge >= 0.3 is 0 Å². The number of hydrogen-bond acceptors (Lipinski definition) is 3. The normalized spacial score (nSPS) is 10.7. The summed E-state index contributed by atoms with van der Waals surface area (Å²) in [5.74, 6) is -2.62. The Labute approximate surface area is 134 Å². The van der Waals surface area contributed by atoms with Gasteiger partial charge < -0.3 is 9.84 Å². The van der Waals surface area contributed by atoms with E-state index in [1.807, 2.05) is 0 Å². The van der Waals surface area contributed by atoms with Crippen molar-refractivity contribution in [2.24, 2.45) is 0 Å². The van der Waals surface area contributed by atoms with E-state index in [-0.39, 0.29) is 28.3 Å². The highest BCUT2D eigenvalue weighted by Crippen LogP contribution is 2.28. The summed E-state index contributed by atoms with van der Waals surface area (Å²) in [6.07, 6.45) is 0. The average molecular weight is 332 g/mol. The third-order valence-corrected chi connectivity index (χ3v) is 3.36. The third-order valence-electron chi connectivity index (χ3n) is 3.36. The number of anilines is 1. The second kappa shape index (κ2) is 6.19. The smallest absolute Gasteiger partial charge is 0.261 e. The number of hydrogen-bond donors (Lipinski definition) is 1. The predicted molar refractivity (Wildman–Crippen MR) is 80.9 cm³/mol. The van der Waals surface area contributed by atoms with E-state index in [4.69, 9.17) is 4.52 Å². The minimum Gasteiger partial charge on any atom is -0.360 e. The lowest BCUT2D eigenvalue weighted by atomic mass is 10.0. The number of rotatable bonds is 3. The van der Waals surface area contributed by atoms with E-state index in [1.54, 1.807) is 0 Å². The number of carbonyl (C=O) groups is 1. The maximum absolute atomic E-state index is 14.0. The van der Waals surface area contributed by atoms with E-state index in [0.717, 1.165) is 12.1 Å². The van der Waals surface area contributed by atoms with Crippen molar-refractivity contribution in [3.63, 3.8) is 0 Å². The van der Waals surface area contributed by atoms with E-state index in [0.29, 0.717) is 6.07 Å². The van der Waals surface area contributed by atoms with Crippen LogP contribution in [0.3, 0.4) is 0 Å². The first kappa shape index (κ1) is 15.8. The molecule has 0 saturated heterocycles. The first-order chi connectivity index (χ1) is 11.5. The van der Waals surface area contributed by atoms with Crippen LogP contribution in [0.15, 0.2) is 47.0 Å². The lowest BCUT2D eigenvalue weighted by Gasteiger charge is -2.06. The Morgan fingerprint density at radius 2 is 1.83 bits per heavy atom. The summed E-state index contributed by atoms with van der Waals surface area (Å²) >= 11 is 0. The van der Waals surface area contributed by atoms with Crippen LogP contribution in [0, 0.1) is 24.4 Å². The molecule has 4 nitrogen and oxygen atoms in total. The number of benzene rings is 2. The van der Waals surface area contributed by atoms with E-state index < -0.39 is 23.4 Å². The molecular weight excluding hydrogens is 321 g/mol. The topological polar surface area (TPSA) is 55.1 Å². The molecule has 1 heterocycles. The number of amides is 1. The van der Waals surface area contributed by atoms with E-state index >= 15 is 0 Å². The van der Waals surface area contributed by atoms with Gasteiger partial charge in [0, 0.05) is 17.3 Å². The Kier molecular flexibility index (Phi) is 4.07. The Bertz CT molecular complexity index is 922. The SMILES string of the molecule is Cc1onc(-c2ccc(F)cc2F)c1C(=O)Nc1cccc(F)c1. The van der Waals surface area contributed by atoms with E-state index in [1.165, 1.54) is 31.2 Å². The molecule has 122 valence electrons. The fraction of sp³-hybridized carbons (Fsp3) is 0.0588. The van der Waals surface area contributed by atoms with Crippen molar-refractivity contribution in [1.29, 1.82) is 0 Å². The van der Waals surface area contributed by atoms with Crippen molar-refractivity contribution < 1.29 is 22.5 Å². The summed E-state index contributed by atoms with van der Waals surface area (Å²) in [5.41, 5.74) is 0.0902. The number of nitrogens with one attached hydrogen (secondary N) is 1. The molecule has 3 rings (SSSR count). The van der Waals surface area contributed by atoms with Crippen LogP contribution in [0.5, 0.6) is 0 Å². The number of carbonyl (C=O) groups excluding carboxylic acids is 1. The highest BCUT2D eigenvalue weighted by Gasteiger charge is 2.24. The lowest BCUT2D eigenvalue weighted by molar-refractivity contribution is 0.102. The summed E-state index contributed by atoms with van der Waals surface area (Å²) in [7, 11) is 0. The van der Waals surface area contributed by atoms with Gasteiger partial charge in [0.1, 0.15) is 34.5 Å². The molecule has 2 aromatic carbocycles. The molecule has 0 fully saturated rings. The Morgan fingerprint density at radius 1 is 1.08 bits per heavy atom. The number of aryl methyl sites for hydroxylation is 1. The van der Waals surface area contributed by atoms with Crippen molar-refractivity contribution in [2.45, 2.75) is 6.92 Å². The Morgan fingerprint density at radius 3 is 2.54 bits per heavy atom. The van der Waals surface area contributed by atoms with Crippen LogP contribution in [0.1, 0.15) is 16.1 Å². The molecule has 1 aromatic heterocycles. The first-order valence-electron chi connectivity index (χ1n) is 6.94. The number of nitrogens with zero attached hydrogens (tertiary/aromatic N) is 1. The summed E-state index contributed by atoms with van der Waals surface area (Å²) in [5, 5.41) is 6.18. The van der Waals surface area contributed by atoms with Crippen molar-refractivity contribution in [2.75, 3.05) is 5.32 Å². The van der Waals surface area contributed by atoms with Gasteiger partial charge in [-0.15, -0.1) is 0 Å². The molecule has 7 heteroatoms. The highest BCUT2D eigenvalue weighted by molar-refractivity contribution is 6.08. The maximum atomic E-state index is 14.0. The Balaban J connectivity index is 1.99. The second-order valence-corrected chi connectivity index (χ2v) is 5.05. The van der Waals surface area contributed by atoms with Gasteiger partial charge in [0.2, 0.25) is 0 Å². The van der Waals surface area contributed by atoms with Gasteiger partial charge in [-0.2, -0.15) is 0 Å². The van der Waals surface area contributed by atoms with Crippen molar-refractivity contribution >= 4 is 11.6 Å². The molecule has 0 aliphatic rings. The van der Waals surface area contributed by atoms with Crippen molar-refractivity contribution in [1.82, 2.24) is 5.16 Å². The molecule has 0 unspecified atom stereocenters. The molecule has 0 bridgehead atoms. The third kappa shape index (κ3) is 3.01. The van der Waals surface area contributed by atoms with Gasteiger partial charge in [-0.25, -0.2) is 13.2 Å². The zero-order valence-corrected chi connectivity index (χ0v) is 12.4. The van der Waals surface area contributed by atoms with Gasteiger partial charge in [0.15, 0.2) is 0 Å². The Hall–Kier alpha value is -3.09. The van der Waals surface area contributed by atoms with Crippen LogP contribution >= 0.6 is 0 Å². The molecule has 3 aromatic rings. The van der Waals surface area contributed by atoms with Gasteiger partial charge in [-0.3, -0.25) is 4.79 Å². The van der Waals surface area contributed by atoms with Crippen LogP contribution in [-0.2, 0) is 0 Å². The molecule has 0 radical (unpaired) electrons. The van der Waals surface area contributed by atoms with E-state index in [9.17, 15) is 18.0 Å². The van der Waals surface area contributed by atoms with Crippen molar-refractivity contribution in [3.8, 4) is 11.3 Å². The predicted octanol–water partition coefficient (Wildman–Crippen LogP) is 4.32. The molecule has 0 aliphatic heterocycles. The largest absolute Gasteiger partial charge is 0.360 e. The van der Waals surface area contributed by atoms with Gasteiger partial charge in [-0.05, 0) is 37.3 Å². The molecular formula is C17H11F3N2O2. The van der Waals surface area contributed by atoms with E-state index in [2.05, 4.69) is 10.5 Å². The fourth-order valence-corrected chi connectivity index (χ4v) is 2.26. The van der Waals surface area contributed by atoms with Gasteiger partial charge in [0.25, 0.3) is 5.91 Å². The number of halogens is 3. The van der Waals surface area contributed by atoms with Crippen LogP contribution in [0.2, 0.25) is 0 Å². The summed E-state index contributed by atoms with van der Waals surface area (Å²) in [4.78, 5) is 12.4. The minimum absolute atomic E-state index is 0.00947. The number of aromatic nitrogens is 1. The zero-order chi connectivity index (χ0) is 17.3. The molecule has 1 N–H and O–H groups in total. The molecule has 0 atom stereocenters. The minimum atomic E-state index is -0.872. The molecule has 24 heavy (non-hydrogen) atoms. The van der Waals surface area contributed by atoms with Crippen LogP contribution in [0.25, 0.3) is 11.3 Å². The highest BCUT2D eigenvalue weighted by atomic mass is 19.1. The molecule has 0 aliphatic carbocycles. The zero-order valence-electron chi connectivity index (χ0n) is 12.4. The summed E-state index contributed by atoms with van der Waals surface area (Å²) < 4.78 is 45.2. The fourth-order valence-electron chi connectivity index (χ4n) is 2.26. The van der Waals surface area contributed by atoms with Gasteiger partial charge in [0.05, 0.1) is 0 Å². The van der Waals surface area contributed by atoms with Crippen LogP contribution in [-0.4, -0.2) is 11.1 Å². The quantitative estimate of drug-likeness (QED) is 0.777. The monoisotopic (exact) mass is 332 g/mol. The second-order valence-electron chi connectivity index (χ2n) is 5.05. The summed E-state index contributed by atoms with van der Waals surface area (Å²) in [6, 6.07) is 8.22. The first-order valence-corrected chi connectivity index (χ1v) is 6.94.